The maximum Gasteiger partial charge on any atom is 0.0774 e. The molecule has 0 saturated heterocycles. The first-order valence-corrected chi connectivity index (χ1v) is 5.52. The highest BCUT2D eigenvalue weighted by Crippen LogP contribution is 2.20. The average molecular weight is 208 g/mol. The molecule has 0 saturated carbocycles. The summed E-state index contributed by atoms with van der Waals surface area (Å²) in [6, 6.07) is 8.29. The van der Waals surface area contributed by atoms with Crippen LogP contribution >= 0.6 is 0 Å². The Hall–Kier alpha value is -0.860. The zero-order valence-electron chi connectivity index (χ0n) is 9.48. The standard InChI is InChI=1S/C13H20O2/c1-10(2)13-6-4-3-5-11(13)7-8-12(15)9-14/h3-6,10,12,14-15H,7-9H2,1-2H3. The van der Waals surface area contributed by atoms with E-state index in [0.717, 1.165) is 6.42 Å². The monoisotopic (exact) mass is 208 g/mol. The van der Waals surface area contributed by atoms with Gasteiger partial charge in [0.1, 0.15) is 0 Å². The lowest BCUT2D eigenvalue weighted by Gasteiger charge is -2.13. The largest absolute Gasteiger partial charge is 0.394 e. The molecular formula is C13H20O2. The molecule has 2 N–H and O–H groups in total. The number of benzene rings is 1. The van der Waals surface area contributed by atoms with Gasteiger partial charge in [0.2, 0.25) is 0 Å². The minimum atomic E-state index is -0.592. The summed E-state index contributed by atoms with van der Waals surface area (Å²) >= 11 is 0. The van der Waals surface area contributed by atoms with Crippen LogP contribution in [-0.2, 0) is 6.42 Å². The van der Waals surface area contributed by atoms with Crippen molar-refractivity contribution in [3.05, 3.63) is 35.4 Å². The molecule has 0 aliphatic carbocycles. The van der Waals surface area contributed by atoms with E-state index >= 15 is 0 Å². The molecule has 1 aromatic rings. The molecule has 0 heterocycles. The van der Waals surface area contributed by atoms with Crippen LogP contribution in [0, 0.1) is 0 Å². The van der Waals surface area contributed by atoms with E-state index in [2.05, 4.69) is 26.0 Å². The Morgan fingerprint density at radius 1 is 1.20 bits per heavy atom. The summed E-state index contributed by atoms with van der Waals surface area (Å²) in [5.41, 5.74) is 2.61. The van der Waals surface area contributed by atoms with Crippen molar-refractivity contribution in [3.8, 4) is 0 Å². The van der Waals surface area contributed by atoms with E-state index in [-0.39, 0.29) is 6.61 Å². The molecule has 0 aromatic heterocycles. The van der Waals surface area contributed by atoms with Gasteiger partial charge < -0.3 is 10.2 Å². The third kappa shape index (κ3) is 3.65. The summed E-state index contributed by atoms with van der Waals surface area (Å²) in [5.74, 6) is 0.507. The molecule has 2 heteroatoms. The van der Waals surface area contributed by atoms with E-state index < -0.39 is 6.10 Å². The highest BCUT2D eigenvalue weighted by Gasteiger charge is 2.08. The predicted molar refractivity (Wildman–Crippen MR) is 61.9 cm³/mol. The third-order valence-electron chi connectivity index (χ3n) is 2.63. The van der Waals surface area contributed by atoms with Crippen molar-refractivity contribution < 1.29 is 10.2 Å². The van der Waals surface area contributed by atoms with Gasteiger partial charge >= 0.3 is 0 Å². The van der Waals surface area contributed by atoms with Gasteiger partial charge in [-0.1, -0.05) is 38.1 Å². The Bertz CT molecular complexity index is 294. The maximum absolute atomic E-state index is 9.30. The first kappa shape index (κ1) is 12.2. The Morgan fingerprint density at radius 3 is 2.47 bits per heavy atom. The van der Waals surface area contributed by atoms with Gasteiger partial charge in [0.15, 0.2) is 0 Å². The van der Waals surface area contributed by atoms with E-state index in [1.807, 2.05) is 12.1 Å². The van der Waals surface area contributed by atoms with Crippen LogP contribution in [0.3, 0.4) is 0 Å². The summed E-state index contributed by atoms with van der Waals surface area (Å²) in [7, 11) is 0. The Balaban J connectivity index is 2.67. The fourth-order valence-corrected chi connectivity index (χ4v) is 1.74. The molecule has 0 spiro atoms. The number of rotatable bonds is 5. The van der Waals surface area contributed by atoms with Gasteiger partial charge in [-0.25, -0.2) is 0 Å². The molecule has 1 atom stereocenters. The molecule has 0 amide bonds. The lowest BCUT2D eigenvalue weighted by atomic mass is 9.94. The van der Waals surface area contributed by atoms with Gasteiger partial charge in [0.05, 0.1) is 12.7 Å². The molecular weight excluding hydrogens is 188 g/mol. The zero-order chi connectivity index (χ0) is 11.3. The first-order valence-electron chi connectivity index (χ1n) is 5.52. The minimum Gasteiger partial charge on any atom is -0.394 e. The van der Waals surface area contributed by atoms with Crippen LogP contribution in [0.5, 0.6) is 0 Å². The quantitative estimate of drug-likeness (QED) is 0.778. The van der Waals surface area contributed by atoms with Crippen LogP contribution in [0.15, 0.2) is 24.3 Å². The molecule has 84 valence electrons. The number of hydrogen-bond acceptors (Lipinski definition) is 2. The number of aliphatic hydroxyl groups is 2. The Labute approximate surface area is 91.6 Å². The van der Waals surface area contributed by atoms with Gasteiger partial charge in [-0.2, -0.15) is 0 Å². The summed E-state index contributed by atoms with van der Waals surface area (Å²) < 4.78 is 0. The van der Waals surface area contributed by atoms with Crippen molar-refractivity contribution in [2.75, 3.05) is 6.61 Å². The highest BCUT2D eigenvalue weighted by atomic mass is 16.3. The normalized spacial score (nSPS) is 13.1. The van der Waals surface area contributed by atoms with E-state index in [1.54, 1.807) is 0 Å². The molecule has 1 aromatic carbocycles. The van der Waals surface area contributed by atoms with Crippen molar-refractivity contribution in [1.29, 1.82) is 0 Å². The van der Waals surface area contributed by atoms with Crippen LogP contribution in [0.4, 0.5) is 0 Å². The molecule has 15 heavy (non-hydrogen) atoms. The topological polar surface area (TPSA) is 40.5 Å². The van der Waals surface area contributed by atoms with Gasteiger partial charge in [0, 0.05) is 0 Å². The smallest absolute Gasteiger partial charge is 0.0774 e. The summed E-state index contributed by atoms with van der Waals surface area (Å²) in [5, 5.41) is 18.0. The van der Waals surface area contributed by atoms with Crippen LogP contribution in [0.2, 0.25) is 0 Å². The van der Waals surface area contributed by atoms with Crippen molar-refractivity contribution in [1.82, 2.24) is 0 Å². The minimum absolute atomic E-state index is 0.149. The predicted octanol–water partition coefficient (Wildman–Crippen LogP) is 2.10. The van der Waals surface area contributed by atoms with Gasteiger partial charge in [-0.05, 0) is 29.9 Å². The third-order valence-corrected chi connectivity index (χ3v) is 2.63. The first-order chi connectivity index (χ1) is 7.15. The van der Waals surface area contributed by atoms with E-state index in [1.165, 1.54) is 11.1 Å². The molecule has 1 rings (SSSR count). The molecule has 0 radical (unpaired) electrons. The highest BCUT2D eigenvalue weighted by molar-refractivity contribution is 5.29. The van der Waals surface area contributed by atoms with Gasteiger partial charge in [-0.15, -0.1) is 0 Å². The number of hydrogen-bond donors (Lipinski definition) is 2. The van der Waals surface area contributed by atoms with Crippen molar-refractivity contribution >= 4 is 0 Å². The molecule has 0 aliphatic rings. The Morgan fingerprint density at radius 2 is 1.87 bits per heavy atom. The zero-order valence-corrected chi connectivity index (χ0v) is 9.48. The molecule has 0 aliphatic heterocycles. The fraction of sp³-hybridized carbons (Fsp3) is 0.538. The van der Waals surface area contributed by atoms with Crippen LogP contribution in [0.25, 0.3) is 0 Å². The van der Waals surface area contributed by atoms with E-state index in [4.69, 9.17) is 5.11 Å². The van der Waals surface area contributed by atoms with Crippen LogP contribution < -0.4 is 0 Å². The van der Waals surface area contributed by atoms with E-state index in [9.17, 15) is 5.11 Å². The van der Waals surface area contributed by atoms with E-state index in [0.29, 0.717) is 12.3 Å². The molecule has 2 nitrogen and oxygen atoms in total. The van der Waals surface area contributed by atoms with Crippen molar-refractivity contribution in [2.24, 2.45) is 0 Å². The van der Waals surface area contributed by atoms with Crippen molar-refractivity contribution in [3.63, 3.8) is 0 Å². The second-order valence-corrected chi connectivity index (χ2v) is 4.23. The Kier molecular flexibility index (Phi) is 4.79. The summed E-state index contributed by atoms with van der Waals surface area (Å²) in [6.07, 6.45) is 0.862. The summed E-state index contributed by atoms with van der Waals surface area (Å²) in [4.78, 5) is 0. The van der Waals surface area contributed by atoms with Crippen LogP contribution in [-0.4, -0.2) is 22.9 Å². The molecule has 0 fully saturated rings. The second-order valence-electron chi connectivity index (χ2n) is 4.23. The summed E-state index contributed by atoms with van der Waals surface area (Å²) in [6.45, 7) is 4.19. The lowest BCUT2D eigenvalue weighted by Crippen LogP contribution is -2.13. The molecule has 0 bridgehead atoms. The lowest BCUT2D eigenvalue weighted by molar-refractivity contribution is 0.0885. The van der Waals surface area contributed by atoms with Crippen LogP contribution in [0.1, 0.15) is 37.3 Å². The number of aliphatic hydroxyl groups excluding tert-OH is 2. The second kappa shape index (κ2) is 5.89. The molecule has 1 unspecified atom stereocenters. The fourth-order valence-electron chi connectivity index (χ4n) is 1.74. The van der Waals surface area contributed by atoms with Gasteiger partial charge in [0.25, 0.3) is 0 Å². The maximum atomic E-state index is 9.30. The van der Waals surface area contributed by atoms with Crippen molar-refractivity contribution in [2.45, 2.75) is 38.7 Å². The number of aryl methyl sites for hydroxylation is 1. The SMILES string of the molecule is CC(C)c1ccccc1CCC(O)CO. The van der Waals surface area contributed by atoms with Gasteiger partial charge in [-0.3, -0.25) is 0 Å². The average Bonchev–Trinajstić information content (AvgIpc) is 2.26.